The number of esters is 1. The molecule has 12 atom stereocenters. The number of fused-ring (bicyclic) bond motifs is 7. The van der Waals surface area contributed by atoms with Crippen molar-refractivity contribution in [2.24, 2.45) is 56.7 Å². The number of hydrogen-bond acceptors (Lipinski definition) is 6. The monoisotopic (exact) mass is 572 g/mol. The van der Waals surface area contributed by atoms with Crippen LogP contribution in [0.2, 0.25) is 0 Å². The smallest absolute Gasteiger partial charge is 0.312 e. The maximum atomic E-state index is 14.1. The number of carbonyl (C=O) groups excluding carboxylic acids is 1. The second-order valence-corrected chi connectivity index (χ2v) is 16.3. The zero-order chi connectivity index (χ0) is 29.4. The van der Waals surface area contributed by atoms with Gasteiger partial charge in [-0.3, -0.25) is 4.79 Å². The third-order valence-corrected chi connectivity index (χ3v) is 15.1. The van der Waals surface area contributed by atoms with Gasteiger partial charge in [0.25, 0.3) is 0 Å². The average Bonchev–Trinajstić information content (AvgIpc) is 3.63. The number of ether oxygens (including phenoxy) is 2. The third-order valence-electron chi connectivity index (χ3n) is 15.1. The van der Waals surface area contributed by atoms with Crippen LogP contribution in [0.25, 0.3) is 0 Å². The van der Waals surface area contributed by atoms with E-state index in [1.54, 1.807) is 0 Å². The van der Waals surface area contributed by atoms with Gasteiger partial charge in [-0.05, 0) is 128 Å². The van der Waals surface area contributed by atoms with Crippen LogP contribution in [0.15, 0.2) is 12.2 Å². The van der Waals surface area contributed by atoms with Gasteiger partial charge in [0.15, 0.2) is 0 Å². The maximum Gasteiger partial charge on any atom is 0.312 e. The van der Waals surface area contributed by atoms with Gasteiger partial charge >= 0.3 is 5.97 Å². The van der Waals surface area contributed by atoms with Gasteiger partial charge in [-0.2, -0.15) is 0 Å². The fourth-order valence-corrected chi connectivity index (χ4v) is 12.6. The summed E-state index contributed by atoms with van der Waals surface area (Å²) in [6.07, 6.45) is 11.3. The lowest BCUT2D eigenvalue weighted by atomic mass is 9.32. The summed E-state index contributed by atoms with van der Waals surface area (Å²) in [5.74, 6) is 1.48. The summed E-state index contributed by atoms with van der Waals surface area (Å²) >= 11 is 0. The van der Waals surface area contributed by atoms with Gasteiger partial charge in [0.2, 0.25) is 0 Å². The van der Waals surface area contributed by atoms with Crippen LogP contribution in [0.1, 0.15) is 105 Å². The molecule has 232 valence electrons. The Labute approximate surface area is 247 Å². The van der Waals surface area contributed by atoms with E-state index in [-0.39, 0.29) is 53.4 Å². The summed E-state index contributed by atoms with van der Waals surface area (Å²) < 4.78 is 11.9. The molecule has 3 N–H and O–H groups in total. The van der Waals surface area contributed by atoms with Crippen molar-refractivity contribution in [3.63, 3.8) is 0 Å². The van der Waals surface area contributed by atoms with Crippen molar-refractivity contribution in [2.75, 3.05) is 26.4 Å². The van der Waals surface area contributed by atoms with E-state index in [0.29, 0.717) is 24.4 Å². The summed E-state index contributed by atoms with van der Waals surface area (Å²) in [6, 6.07) is 0. The van der Waals surface area contributed by atoms with E-state index in [2.05, 4.69) is 34.3 Å². The van der Waals surface area contributed by atoms with Crippen LogP contribution in [-0.4, -0.2) is 59.9 Å². The molecule has 41 heavy (non-hydrogen) atoms. The van der Waals surface area contributed by atoms with Crippen molar-refractivity contribution in [2.45, 2.75) is 117 Å². The normalized spacial score (nSPS) is 52.6. The summed E-state index contributed by atoms with van der Waals surface area (Å²) in [4.78, 5) is 14.1. The summed E-state index contributed by atoms with van der Waals surface area (Å²) in [7, 11) is 0. The molecule has 6 fully saturated rings. The van der Waals surface area contributed by atoms with E-state index < -0.39 is 16.9 Å². The summed E-state index contributed by atoms with van der Waals surface area (Å²) in [6.45, 7) is 15.2. The minimum Gasteiger partial charge on any atom is -0.462 e. The second kappa shape index (κ2) is 10.3. The Kier molecular flexibility index (Phi) is 7.57. The van der Waals surface area contributed by atoms with E-state index >= 15 is 0 Å². The molecule has 1 heterocycles. The quantitative estimate of drug-likeness (QED) is 0.280. The predicted octanol–water partition coefficient (Wildman–Crippen LogP) is 5.67. The van der Waals surface area contributed by atoms with E-state index in [1.165, 1.54) is 0 Å². The van der Waals surface area contributed by atoms with Crippen LogP contribution in [-0.2, 0) is 14.3 Å². The summed E-state index contributed by atoms with van der Waals surface area (Å²) in [5, 5.41) is 31.8. The molecular formula is C35H56O6. The lowest BCUT2D eigenvalue weighted by molar-refractivity contribution is -0.254. The number of aliphatic hydroxyl groups is 3. The van der Waals surface area contributed by atoms with Gasteiger partial charge in [-0.15, -0.1) is 0 Å². The first-order valence-electron chi connectivity index (χ1n) is 16.8. The van der Waals surface area contributed by atoms with Crippen LogP contribution in [0.5, 0.6) is 0 Å². The van der Waals surface area contributed by atoms with Crippen molar-refractivity contribution < 1.29 is 29.6 Å². The molecule has 6 nitrogen and oxygen atoms in total. The standard InChI is InChI=1S/C35H56O6/c1-22(19-36)24-10-15-35(30(39)41-20-23-7-6-18-40-23)17-16-33(4)25(29(24)35)8-9-27-31(2)13-12-28(38)32(3,21-37)26(31)11-14-34(27,33)5/h23-29,36-38H,1,6-21H2,2-5H3/t23?,24-,25+,26+,27+,28-,29+,31-,32-,33+,34+,35-/m0/s1. The summed E-state index contributed by atoms with van der Waals surface area (Å²) in [5.41, 5.74) is 0.195. The molecule has 0 aromatic rings. The molecule has 1 aliphatic heterocycles. The lowest BCUT2D eigenvalue weighted by Gasteiger charge is -2.72. The van der Waals surface area contributed by atoms with Crippen LogP contribution in [0.4, 0.5) is 0 Å². The first-order valence-corrected chi connectivity index (χ1v) is 16.8. The highest BCUT2D eigenvalue weighted by atomic mass is 16.6. The average molecular weight is 573 g/mol. The van der Waals surface area contributed by atoms with Crippen molar-refractivity contribution in [1.82, 2.24) is 0 Å². The van der Waals surface area contributed by atoms with Crippen molar-refractivity contribution in [3.05, 3.63) is 12.2 Å². The van der Waals surface area contributed by atoms with Crippen LogP contribution >= 0.6 is 0 Å². The van der Waals surface area contributed by atoms with Gasteiger partial charge in [0.05, 0.1) is 30.8 Å². The number of aliphatic hydroxyl groups excluding tert-OH is 3. The van der Waals surface area contributed by atoms with Crippen molar-refractivity contribution >= 4 is 5.97 Å². The molecule has 6 aliphatic rings. The Morgan fingerprint density at radius 2 is 1.68 bits per heavy atom. The molecule has 0 radical (unpaired) electrons. The number of hydrogen-bond donors (Lipinski definition) is 3. The number of rotatable bonds is 6. The van der Waals surface area contributed by atoms with Crippen molar-refractivity contribution in [3.8, 4) is 0 Å². The van der Waals surface area contributed by atoms with Gasteiger partial charge in [0.1, 0.15) is 6.61 Å². The molecule has 1 unspecified atom stereocenters. The Hall–Kier alpha value is -0.950. The maximum absolute atomic E-state index is 14.1. The van der Waals surface area contributed by atoms with E-state index in [4.69, 9.17) is 9.47 Å². The van der Waals surface area contributed by atoms with Gasteiger partial charge in [-0.1, -0.05) is 34.3 Å². The Bertz CT molecular complexity index is 1040. The molecule has 0 aromatic carbocycles. The van der Waals surface area contributed by atoms with Gasteiger partial charge in [-0.25, -0.2) is 0 Å². The minimum atomic E-state index is -0.500. The molecule has 0 bridgehead atoms. The fraction of sp³-hybridized carbons (Fsp3) is 0.914. The minimum absolute atomic E-state index is 0.0205. The Morgan fingerprint density at radius 1 is 0.902 bits per heavy atom. The first kappa shape index (κ1) is 30.1. The molecule has 5 aliphatic carbocycles. The molecule has 1 saturated heterocycles. The third kappa shape index (κ3) is 4.05. The van der Waals surface area contributed by atoms with Crippen LogP contribution in [0.3, 0.4) is 0 Å². The molecule has 6 rings (SSSR count). The van der Waals surface area contributed by atoms with E-state index in [9.17, 15) is 20.1 Å². The molecule has 0 spiro atoms. The highest BCUT2D eigenvalue weighted by molar-refractivity contribution is 5.78. The highest BCUT2D eigenvalue weighted by Gasteiger charge is 2.72. The van der Waals surface area contributed by atoms with E-state index in [0.717, 1.165) is 89.2 Å². The second-order valence-electron chi connectivity index (χ2n) is 16.3. The zero-order valence-corrected chi connectivity index (χ0v) is 26.1. The topological polar surface area (TPSA) is 96.2 Å². The van der Waals surface area contributed by atoms with Crippen molar-refractivity contribution in [1.29, 1.82) is 0 Å². The Balaban J connectivity index is 1.34. The van der Waals surface area contributed by atoms with Crippen LogP contribution < -0.4 is 0 Å². The zero-order valence-electron chi connectivity index (χ0n) is 26.1. The Morgan fingerprint density at radius 3 is 2.37 bits per heavy atom. The number of carbonyl (C=O) groups is 1. The molecule has 0 amide bonds. The predicted molar refractivity (Wildman–Crippen MR) is 158 cm³/mol. The molecular weight excluding hydrogens is 516 g/mol. The van der Waals surface area contributed by atoms with Crippen LogP contribution in [0, 0.1) is 56.7 Å². The van der Waals surface area contributed by atoms with E-state index in [1.807, 2.05) is 0 Å². The molecule has 6 heteroatoms. The van der Waals surface area contributed by atoms with Gasteiger partial charge in [0, 0.05) is 12.0 Å². The largest absolute Gasteiger partial charge is 0.462 e. The molecule has 0 aromatic heterocycles. The lowest BCUT2D eigenvalue weighted by Crippen LogP contribution is -2.67. The SMILES string of the molecule is C=C(CO)[C@@H]1CC[C@]2(C(=O)OCC3CCCO3)CC[C@]3(C)[C@H](CC[C@@H]4[C@@]5(C)CC[C@H](O)[C@@](C)(CO)[C@@H]5CC[C@]43C)[C@@H]12. The first-order chi connectivity index (χ1) is 19.4. The fourth-order valence-electron chi connectivity index (χ4n) is 12.6. The van der Waals surface area contributed by atoms with Gasteiger partial charge < -0.3 is 24.8 Å². The molecule has 5 saturated carbocycles. The highest BCUT2D eigenvalue weighted by Crippen LogP contribution is 2.77.